The maximum absolute atomic E-state index is 5.66. The Morgan fingerprint density at radius 3 is 2.47 bits per heavy atom. The summed E-state index contributed by atoms with van der Waals surface area (Å²) in [5, 5.41) is 1.19. The summed E-state index contributed by atoms with van der Waals surface area (Å²) in [7, 11) is 3.95. The number of para-hydroxylation sites is 1. The van der Waals surface area contributed by atoms with Crippen LogP contribution in [0, 0.1) is 0 Å². The molecule has 34 heavy (non-hydrogen) atoms. The van der Waals surface area contributed by atoms with Gasteiger partial charge < -0.3 is 14.5 Å². The number of hydrogen-bond acceptors (Lipinski definition) is 5. The summed E-state index contributed by atoms with van der Waals surface area (Å²) in [6.45, 7) is 5.29. The van der Waals surface area contributed by atoms with E-state index < -0.39 is 0 Å². The first-order chi connectivity index (χ1) is 16.7. The van der Waals surface area contributed by atoms with Crippen molar-refractivity contribution in [2.45, 2.75) is 63.7 Å². The van der Waals surface area contributed by atoms with Crippen LogP contribution in [-0.4, -0.2) is 43.8 Å². The van der Waals surface area contributed by atoms with Gasteiger partial charge in [-0.3, -0.25) is 0 Å². The molecule has 2 aliphatic rings. The Morgan fingerprint density at radius 2 is 1.74 bits per heavy atom. The number of ether oxygens (including phenoxy) is 1. The van der Waals surface area contributed by atoms with Crippen LogP contribution in [0.25, 0.3) is 10.9 Å². The van der Waals surface area contributed by atoms with Crippen molar-refractivity contribution < 1.29 is 4.74 Å². The number of aromatic nitrogens is 2. The Balaban J connectivity index is 1.47. The molecular weight excluding hydrogens is 420 g/mol. The van der Waals surface area contributed by atoms with Crippen molar-refractivity contribution in [3.05, 3.63) is 53.9 Å². The summed E-state index contributed by atoms with van der Waals surface area (Å²) < 4.78 is 5.66. The molecule has 0 spiro atoms. The predicted octanol–water partition coefficient (Wildman–Crippen LogP) is 6.53. The van der Waals surface area contributed by atoms with Gasteiger partial charge in [0.05, 0.1) is 12.6 Å². The number of nitrogens with zero attached hydrogens (tertiary/aromatic N) is 4. The van der Waals surface area contributed by atoms with E-state index in [9.17, 15) is 0 Å². The van der Waals surface area contributed by atoms with Gasteiger partial charge in [-0.2, -0.15) is 0 Å². The average molecular weight is 459 g/mol. The van der Waals surface area contributed by atoms with Crippen LogP contribution in [0.5, 0.6) is 5.75 Å². The predicted molar refractivity (Wildman–Crippen MR) is 141 cm³/mol. The molecule has 0 N–H and O–H groups in total. The molecule has 0 atom stereocenters. The Hall–Kier alpha value is -2.82. The molecule has 180 valence electrons. The lowest BCUT2D eigenvalue weighted by Crippen LogP contribution is -2.34. The average Bonchev–Trinajstić information content (AvgIpc) is 3.43. The van der Waals surface area contributed by atoms with Crippen LogP contribution < -0.4 is 14.5 Å². The van der Waals surface area contributed by atoms with Gasteiger partial charge in [-0.15, -0.1) is 0 Å². The SMILES string of the molecule is CCCN(C)c1ccc2nc(C3CCCC3)nc(N3CCC(c4ccccc4OC)CC3)c2c1. The van der Waals surface area contributed by atoms with E-state index >= 15 is 0 Å². The third-order valence-electron chi connectivity index (χ3n) is 7.77. The van der Waals surface area contributed by atoms with E-state index in [2.05, 4.69) is 66.2 Å². The highest BCUT2D eigenvalue weighted by Crippen LogP contribution is 2.39. The van der Waals surface area contributed by atoms with Gasteiger partial charge in [0, 0.05) is 43.7 Å². The zero-order chi connectivity index (χ0) is 23.5. The number of piperidine rings is 1. The van der Waals surface area contributed by atoms with Crippen LogP contribution in [0.4, 0.5) is 11.5 Å². The second-order valence-corrected chi connectivity index (χ2v) is 10.0. The van der Waals surface area contributed by atoms with Crippen molar-refractivity contribution in [2.75, 3.05) is 43.6 Å². The zero-order valence-corrected chi connectivity index (χ0v) is 21.0. The van der Waals surface area contributed by atoms with Crippen molar-refractivity contribution in [3.8, 4) is 5.75 Å². The van der Waals surface area contributed by atoms with Gasteiger partial charge in [0.15, 0.2) is 0 Å². The molecule has 0 bridgehead atoms. The minimum absolute atomic E-state index is 0.511. The van der Waals surface area contributed by atoms with Crippen LogP contribution in [0.15, 0.2) is 42.5 Å². The van der Waals surface area contributed by atoms with E-state index in [-0.39, 0.29) is 0 Å². The summed E-state index contributed by atoms with van der Waals surface area (Å²) in [4.78, 5) is 15.2. The number of anilines is 2. The minimum atomic E-state index is 0.511. The lowest BCUT2D eigenvalue weighted by molar-refractivity contribution is 0.397. The zero-order valence-electron chi connectivity index (χ0n) is 21.0. The quantitative estimate of drug-likeness (QED) is 0.403. The lowest BCUT2D eigenvalue weighted by atomic mass is 9.88. The van der Waals surface area contributed by atoms with Gasteiger partial charge in [0.1, 0.15) is 17.4 Å². The van der Waals surface area contributed by atoms with Crippen LogP contribution in [-0.2, 0) is 0 Å². The van der Waals surface area contributed by atoms with E-state index in [1.165, 1.54) is 42.3 Å². The Kier molecular flexibility index (Phi) is 6.89. The molecule has 5 heteroatoms. The van der Waals surface area contributed by atoms with Crippen LogP contribution >= 0.6 is 0 Å². The summed E-state index contributed by atoms with van der Waals surface area (Å²) >= 11 is 0. The molecule has 1 aliphatic heterocycles. The van der Waals surface area contributed by atoms with Crippen molar-refractivity contribution >= 4 is 22.4 Å². The lowest BCUT2D eigenvalue weighted by Gasteiger charge is -2.34. The molecule has 1 saturated heterocycles. The van der Waals surface area contributed by atoms with Gasteiger partial charge in [-0.1, -0.05) is 38.0 Å². The molecule has 0 unspecified atom stereocenters. The van der Waals surface area contributed by atoms with Crippen molar-refractivity contribution in [2.24, 2.45) is 0 Å². The molecule has 5 rings (SSSR count). The Bertz CT molecular complexity index is 1120. The maximum atomic E-state index is 5.66. The first-order valence-electron chi connectivity index (χ1n) is 13.1. The smallest absolute Gasteiger partial charge is 0.140 e. The van der Waals surface area contributed by atoms with Crippen molar-refractivity contribution in [1.29, 1.82) is 0 Å². The molecule has 1 aliphatic carbocycles. The number of benzene rings is 2. The highest BCUT2D eigenvalue weighted by Gasteiger charge is 2.27. The molecule has 2 fully saturated rings. The summed E-state index contributed by atoms with van der Waals surface area (Å²) in [5.74, 6) is 4.25. The number of rotatable bonds is 7. The standard InChI is InChI=1S/C29H38N4O/c1-4-17-32(2)23-13-14-26-25(20-23)29(31-28(30-26)22-9-5-6-10-22)33-18-15-21(16-19-33)24-11-7-8-12-27(24)34-3/h7-8,11-14,20-22H,4-6,9-10,15-19H2,1-3H3. The molecule has 0 radical (unpaired) electrons. The highest BCUT2D eigenvalue weighted by atomic mass is 16.5. The topological polar surface area (TPSA) is 41.5 Å². The summed E-state index contributed by atoms with van der Waals surface area (Å²) in [6, 6.07) is 15.2. The van der Waals surface area contributed by atoms with E-state index in [1.54, 1.807) is 7.11 Å². The first-order valence-corrected chi connectivity index (χ1v) is 13.1. The molecule has 1 aromatic heterocycles. The number of hydrogen-bond donors (Lipinski definition) is 0. The van der Waals surface area contributed by atoms with Crippen molar-refractivity contribution in [3.63, 3.8) is 0 Å². The number of fused-ring (bicyclic) bond motifs is 1. The fourth-order valence-corrected chi connectivity index (χ4v) is 5.83. The molecule has 5 nitrogen and oxygen atoms in total. The summed E-state index contributed by atoms with van der Waals surface area (Å²) in [5.41, 5.74) is 3.68. The normalized spacial score (nSPS) is 17.4. The third kappa shape index (κ3) is 4.57. The third-order valence-corrected chi connectivity index (χ3v) is 7.77. The molecule has 1 saturated carbocycles. The minimum Gasteiger partial charge on any atom is -0.496 e. The molecule has 3 aromatic rings. The van der Waals surface area contributed by atoms with Crippen LogP contribution in [0.2, 0.25) is 0 Å². The van der Waals surface area contributed by atoms with E-state index in [0.717, 1.165) is 61.8 Å². The molecule has 2 aromatic carbocycles. The molecule has 0 amide bonds. The molecular formula is C29H38N4O. The fraction of sp³-hybridized carbons (Fsp3) is 0.517. The highest BCUT2D eigenvalue weighted by molar-refractivity contribution is 5.92. The second-order valence-electron chi connectivity index (χ2n) is 10.0. The first kappa shape index (κ1) is 22.9. The van der Waals surface area contributed by atoms with E-state index in [1.807, 2.05) is 0 Å². The second kappa shape index (κ2) is 10.2. The van der Waals surface area contributed by atoms with E-state index in [0.29, 0.717) is 11.8 Å². The summed E-state index contributed by atoms with van der Waals surface area (Å²) in [6.07, 6.45) is 8.39. The largest absolute Gasteiger partial charge is 0.496 e. The van der Waals surface area contributed by atoms with Gasteiger partial charge in [-0.25, -0.2) is 9.97 Å². The van der Waals surface area contributed by atoms with E-state index in [4.69, 9.17) is 14.7 Å². The molecule has 2 heterocycles. The number of methoxy groups -OCH3 is 1. The fourth-order valence-electron chi connectivity index (χ4n) is 5.83. The van der Waals surface area contributed by atoms with Gasteiger partial charge in [0.25, 0.3) is 0 Å². The maximum Gasteiger partial charge on any atom is 0.140 e. The van der Waals surface area contributed by atoms with Gasteiger partial charge in [0.2, 0.25) is 0 Å². The monoisotopic (exact) mass is 458 g/mol. The Labute approximate surface area is 204 Å². The van der Waals surface area contributed by atoms with Crippen LogP contribution in [0.3, 0.4) is 0 Å². The van der Waals surface area contributed by atoms with Gasteiger partial charge in [-0.05, 0) is 67.9 Å². The van der Waals surface area contributed by atoms with Crippen LogP contribution in [0.1, 0.15) is 75.1 Å². The van der Waals surface area contributed by atoms with Crippen molar-refractivity contribution in [1.82, 2.24) is 9.97 Å². The Morgan fingerprint density at radius 1 is 0.971 bits per heavy atom. The van der Waals surface area contributed by atoms with Gasteiger partial charge >= 0.3 is 0 Å².